The lowest BCUT2D eigenvalue weighted by atomic mass is 10.4. The number of nitrogens with one attached hydrogen (secondary N) is 2. The quantitative estimate of drug-likeness (QED) is 0.580. The molecular weight excluding hydrogens is 278 g/mol. The number of hydrogen-bond donors (Lipinski definition) is 2. The molecule has 0 bridgehead atoms. The number of nitrogens with zero attached hydrogens (tertiary/aromatic N) is 1. The van der Waals surface area contributed by atoms with Crippen molar-refractivity contribution in [3.05, 3.63) is 72.8 Å². The van der Waals surface area contributed by atoms with Crippen LogP contribution in [-0.4, -0.2) is 33.3 Å². The van der Waals surface area contributed by atoms with Gasteiger partial charge in [0.15, 0.2) is 0 Å². The highest BCUT2D eigenvalue weighted by molar-refractivity contribution is 5.72. The van der Waals surface area contributed by atoms with E-state index in [4.69, 9.17) is 4.79 Å². The van der Waals surface area contributed by atoms with Gasteiger partial charge < -0.3 is 10.6 Å². The van der Waals surface area contributed by atoms with E-state index < -0.39 is 0 Å². The van der Waals surface area contributed by atoms with E-state index >= 15 is 0 Å². The number of rotatable bonds is 0. The Balaban J connectivity index is 0. The highest BCUT2D eigenvalue weighted by Gasteiger charge is 1.81. The second-order valence-corrected chi connectivity index (χ2v) is 3.45. The van der Waals surface area contributed by atoms with E-state index in [-0.39, 0.29) is 6.03 Å². The maximum Gasteiger partial charge on any atom is 0.314 e. The van der Waals surface area contributed by atoms with Crippen LogP contribution < -0.4 is 10.6 Å². The third kappa shape index (κ3) is 22.3. The Morgan fingerprint density at radius 1 is 0.727 bits per heavy atom. The van der Waals surface area contributed by atoms with Crippen LogP contribution in [-0.2, 0) is 4.79 Å². The molecule has 2 aromatic carbocycles. The lowest BCUT2D eigenvalue weighted by molar-refractivity contribution is 0.245. The summed E-state index contributed by atoms with van der Waals surface area (Å²) < 4.78 is 0. The standard InChI is InChI=1S/2C6H6.C3H8N2O.C2H3NO/c2*1-2-4-6-5-3-1;1-4-3(6)5-2;1-3-2-4/h2*1-6H;1-2H3,(H2,4,5,6);1H3. The van der Waals surface area contributed by atoms with Crippen LogP contribution in [0, 0.1) is 0 Å². The van der Waals surface area contributed by atoms with Crippen molar-refractivity contribution in [2.75, 3.05) is 21.1 Å². The number of carbonyl (C=O) groups is 1. The van der Waals surface area contributed by atoms with Crippen LogP contribution in [0.4, 0.5) is 4.79 Å². The minimum absolute atomic E-state index is 0.157. The third-order valence-corrected chi connectivity index (χ3v) is 1.88. The van der Waals surface area contributed by atoms with Crippen molar-refractivity contribution < 1.29 is 9.59 Å². The average molecular weight is 301 g/mol. The van der Waals surface area contributed by atoms with Crippen LogP contribution in [0.5, 0.6) is 0 Å². The normalized spacial score (nSPS) is 7.05. The predicted octanol–water partition coefficient (Wildman–Crippen LogP) is 2.87. The molecule has 0 aliphatic heterocycles. The van der Waals surface area contributed by atoms with Gasteiger partial charge in [0.25, 0.3) is 0 Å². The van der Waals surface area contributed by atoms with E-state index in [2.05, 4.69) is 15.6 Å². The van der Waals surface area contributed by atoms with Gasteiger partial charge >= 0.3 is 6.03 Å². The van der Waals surface area contributed by atoms with E-state index in [9.17, 15) is 4.79 Å². The molecule has 5 heteroatoms. The Labute approximate surface area is 132 Å². The Kier molecular flexibility index (Phi) is 19.8. The molecule has 0 atom stereocenters. The fourth-order valence-electron chi connectivity index (χ4n) is 0.895. The van der Waals surface area contributed by atoms with E-state index in [1.54, 1.807) is 14.1 Å². The molecule has 0 fully saturated rings. The molecule has 2 rings (SSSR count). The van der Waals surface area contributed by atoms with Gasteiger partial charge in [-0.15, -0.1) is 0 Å². The van der Waals surface area contributed by atoms with Crippen molar-refractivity contribution in [2.45, 2.75) is 0 Å². The first kappa shape index (κ1) is 21.4. The van der Waals surface area contributed by atoms with Gasteiger partial charge in [0.05, 0.1) is 0 Å². The second-order valence-electron chi connectivity index (χ2n) is 3.45. The highest BCUT2D eigenvalue weighted by atomic mass is 16.2. The number of carbonyl (C=O) groups excluding carboxylic acids is 2. The van der Waals surface area contributed by atoms with Crippen LogP contribution in [0.1, 0.15) is 0 Å². The summed E-state index contributed by atoms with van der Waals surface area (Å²) in [5, 5.41) is 4.73. The van der Waals surface area contributed by atoms with Crippen LogP contribution in [0.25, 0.3) is 0 Å². The Morgan fingerprint density at radius 3 is 0.955 bits per heavy atom. The zero-order chi connectivity index (χ0) is 16.9. The Bertz CT molecular complexity index is 393. The number of urea groups is 1. The first-order chi connectivity index (χ1) is 10.7. The van der Waals surface area contributed by atoms with Crippen molar-refractivity contribution in [1.82, 2.24) is 10.6 Å². The smallest absolute Gasteiger partial charge is 0.314 e. The molecule has 0 unspecified atom stereocenters. The molecule has 0 aliphatic rings. The molecule has 22 heavy (non-hydrogen) atoms. The Hall–Kier alpha value is -2.91. The van der Waals surface area contributed by atoms with Gasteiger partial charge in [-0.25, -0.2) is 14.6 Å². The summed E-state index contributed by atoms with van der Waals surface area (Å²) in [6.45, 7) is 0. The third-order valence-electron chi connectivity index (χ3n) is 1.88. The molecule has 0 saturated carbocycles. The number of hydrogen-bond acceptors (Lipinski definition) is 3. The monoisotopic (exact) mass is 301 g/mol. The molecule has 0 aliphatic carbocycles. The predicted molar refractivity (Wildman–Crippen MR) is 90.4 cm³/mol. The molecular formula is C17H23N3O2. The maximum atomic E-state index is 9.96. The molecule has 0 spiro atoms. The fourth-order valence-corrected chi connectivity index (χ4v) is 0.895. The molecule has 118 valence electrons. The minimum Gasteiger partial charge on any atom is -0.341 e. The first-order valence-electron chi connectivity index (χ1n) is 6.58. The summed E-state index contributed by atoms with van der Waals surface area (Å²) in [5.74, 6) is 0. The first-order valence-corrected chi connectivity index (χ1v) is 6.58. The van der Waals surface area contributed by atoms with Crippen molar-refractivity contribution in [2.24, 2.45) is 4.99 Å². The van der Waals surface area contributed by atoms with E-state index in [0.29, 0.717) is 0 Å². The average Bonchev–Trinajstić information content (AvgIpc) is 2.65. The molecule has 0 saturated heterocycles. The van der Waals surface area contributed by atoms with Crippen molar-refractivity contribution >= 4 is 12.1 Å². The van der Waals surface area contributed by atoms with Gasteiger partial charge in [-0.05, 0) is 0 Å². The van der Waals surface area contributed by atoms with Crippen LogP contribution >= 0.6 is 0 Å². The number of benzene rings is 2. The number of aliphatic imine (C=N–C) groups is 1. The zero-order valence-electron chi connectivity index (χ0n) is 13.2. The topological polar surface area (TPSA) is 70.6 Å². The molecule has 0 aromatic heterocycles. The van der Waals surface area contributed by atoms with Gasteiger partial charge in [0, 0.05) is 21.1 Å². The molecule has 2 aromatic rings. The summed E-state index contributed by atoms with van der Waals surface area (Å²) >= 11 is 0. The number of isocyanates is 1. The van der Waals surface area contributed by atoms with Gasteiger partial charge in [0.2, 0.25) is 6.08 Å². The van der Waals surface area contributed by atoms with Gasteiger partial charge in [-0.1, -0.05) is 72.8 Å². The van der Waals surface area contributed by atoms with Crippen LogP contribution in [0.3, 0.4) is 0 Å². The van der Waals surface area contributed by atoms with Crippen molar-refractivity contribution in [3.63, 3.8) is 0 Å². The summed E-state index contributed by atoms with van der Waals surface area (Å²) in [4.78, 5) is 21.8. The molecule has 0 heterocycles. The summed E-state index contributed by atoms with van der Waals surface area (Å²) in [7, 11) is 4.52. The molecule has 5 nitrogen and oxygen atoms in total. The van der Waals surface area contributed by atoms with Crippen molar-refractivity contribution in [3.8, 4) is 0 Å². The van der Waals surface area contributed by atoms with Crippen LogP contribution in [0.15, 0.2) is 77.8 Å². The Morgan fingerprint density at radius 2 is 0.909 bits per heavy atom. The van der Waals surface area contributed by atoms with E-state index in [0.717, 1.165) is 0 Å². The largest absolute Gasteiger partial charge is 0.341 e. The maximum absolute atomic E-state index is 9.96. The lowest BCUT2D eigenvalue weighted by Crippen LogP contribution is -2.28. The molecule has 2 N–H and O–H groups in total. The fraction of sp³-hybridized carbons (Fsp3) is 0.176. The minimum atomic E-state index is -0.157. The van der Waals surface area contributed by atoms with Gasteiger partial charge in [-0.2, -0.15) is 0 Å². The van der Waals surface area contributed by atoms with Gasteiger partial charge in [0.1, 0.15) is 0 Å². The van der Waals surface area contributed by atoms with Crippen molar-refractivity contribution in [1.29, 1.82) is 0 Å². The second kappa shape index (κ2) is 20.4. The molecule has 0 radical (unpaired) electrons. The summed E-state index contributed by atoms with van der Waals surface area (Å²) in [6.07, 6.45) is 1.31. The lowest BCUT2D eigenvalue weighted by Gasteiger charge is -1.91. The number of amides is 2. The van der Waals surface area contributed by atoms with E-state index in [1.165, 1.54) is 13.1 Å². The highest BCUT2D eigenvalue weighted by Crippen LogP contribution is 1.80. The summed E-state index contributed by atoms with van der Waals surface area (Å²) in [5.41, 5.74) is 0. The van der Waals surface area contributed by atoms with Crippen LogP contribution in [0.2, 0.25) is 0 Å². The van der Waals surface area contributed by atoms with E-state index in [1.807, 2.05) is 72.8 Å². The zero-order valence-corrected chi connectivity index (χ0v) is 13.2. The molecule has 2 amide bonds. The summed E-state index contributed by atoms with van der Waals surface area (Å²) in [6, 6.07) is 23.8. The SMILES string of the molecule is CN=C=O.CNC(=O)NC.c1ccccc1.c1ccccc1. The van der Waals surface area contributed by atoms with Gasteiger partial charge in [-0.3, -0.25) is 0 Å².